The van der Waals surface area contributed by atoms with Crippen molar-refractivity contribution in [3.63, 3.8) is 0 Å². The number of nitrogens with two attached hydrogens (primary N) is 1. The predicted molar refractivity (Wildman–Crippen MR) is 66.0 cm³/mol. The molecule has 0 bridgehead atoms. The molecular formula is C13H18FNO3. The monoisotopic (exact) mass is 255 g/mol. The third kappa shape index (κ3) is 5.25. The quantitative estimate of drug-likeness (QED) is 0.750. The molecule has 1 aromatic rings. The lowest BCUT2D eigenvalue weighted by Gasteiger charge is -2.19. The van der Waals surface area contributed by atoms with E-state index in [1.54, 1.807) is 19.1 Å². The molecule has 0 aliphatic heterocycles. The number of carbonyl (C=O) groups is 1. The highest BCUT2D eigenvalue weighted by molar-refractivity contribution is 5.63. The zero-order valence-corrected chi connectivity index (χ0v) is 10.6. The van der Waals surface area contributed by atoms with E-state index in [0.29, 0.717) is 18.6 Å². The summed E-state index contributed by atoms with van der Waals surface area (Å²) < 4.78 is 23.5. The highest BCUT2D eigenvalue weighted by Crippen LogP contribution is 2.13. The van der Waals surface area contributed by atoms with Gasteiger partial charge < -0.3 is 20.0 Å². The van der Waals surface area contributed by atoms with E-state index in [0.717, 1.165) is 0 Å². The molecule has 0 spiro atoms. The van der Waals surface area contributed by atoms with Gasteiger partial charge in [-0.3, -0.25) is 0 Å². The van der Waals surface area contributed by atoms with E-state index < -0.39 is 5.54 Å². The number of benzene rings is 1. The van der Waals surface area contributed by atoms with Crippen molar-refractivity contribution in [2.75, 3.05) is 13.2 Å². The van der Waals surface area contributed by atoms with Crippen molar-refractivity contribution in [1.29, 1.82) is 0 Å². The first-order chi connectivity index (χ1) is 8.43. The van der Waals surface area contributed by atoms with Gasteiger partial charge in [0, 0.05) is 0 Å². The molecule has 0 saturated carbocycles. The van der Waals surface area contributed by atoms with Crippen molar-refractivity contribution < 1.29 is 18.7 Å². The Kier molecular flexibility index (Phi) is 5.25. The second kappa shape index (κ2) is 6.47. The summed E-state index contributed by atoms with van der Waals surface area (Å²) in [5.41, 5.74) is 4.62. The Balaban J connectivity index is 2.31. The normalized spacial score (nSPS) is 15.8. The summed E-state index contributed by atoms with van der Waals surface area (Å²) in [6, 6.07) is 5.74. The molecule has 100 valence electrons. The number of carbonyl (C=O) groups excluding carboxylic acids is 1. The molecule has 0 heterocycles. The standard InChI is InChI=1S/C13H18FNO3/c1-10(7-17-9-13(2,15)8-16)18-12-5-3-11(14)4-6-12/h3-6,8,10H,7,9,15H2,1-2H3/t10-,13+/m0/s1. The lowest BCUT2D eigenvalue weighted by molar-refractivity contribution is -0.114. The summed E-state index contributed by atoms with van der Waals surface area (Å²) in [5, 5.41) is 0. The van der Waals surface area contributed by atoms with Crippen LogP contribution in [0.3, 0.4) is 0 Å². The van der Waals surface area contributed by atoms with E-state index in [9.17, 15) is 9.18 Å². The second-order valence-electron chi connectivity index (χ2n) is 4.52. The Bertz CT molecular complexity index is 378. The van der Waals surface area contributed by atoms with Crippen LogP contribution >= 0.6 is 0 Å². The first-order valence-electron chi connectivity index (χ1n) is 5.68. The Hall–Kier alpha value is -1.46. The van der Waals surface area contributed by atoms with Gasteiger partial charge in [-0.05, 0) is 38.1 Å². The topological polar surface area (TPSA) is 61.5 Å². The lowest BCUT2D eigenvalue weighted by atomic mass is 10.1. The second-order valence-corrected chi connectivity index (χ2v) is 4.52. The van der Waals surface area contributed by atoms with Crippen molar-refractivity contribution in [1.82, 2.24) is 0 Å². The van der Waals surface area contributed by atoms with Crippen molar-refractivity contribution in [3.05, 3.63) is 30.1 Å². The Morgan fingerprint density at radius 2 is 2.06 bits per heavy atom. The van der Waals surface area contributed by atoms with E-state index in [2.05, 4.69) is 0 Å². The summed E-state index contributed by atoms with van der Waals surface area (Å²) in [4.78, 5) is 10.6. The van der Waals surface area contributed by atoms with Crippen LogP contribution in [0.5, 0.6) is 5.75 Å². The van der Waals surface area contributed by atoms with Crippen molar-refractivity contribution in [2.24, 2.45) is 5.73 Å². The fourth-order valence-electron chi connectivity index (χ4n) is 1.26. The number of aldehydes is 1. The summed E-state index contributed by atoms with van der Waals surface area (Å²) in [6.07, 6.45) is 0.441. The molecule has 2 N–H and O–H groups in total. The van der Waals surface area contributed by atoms with Gasteiger partial charge in [-0.25, -0.2) is 4.39 Å². The Morgan fingerprint density at radius 1 is 1.44 bits per heavy atom. The molecule has 0 unspecified atom stereocenters. The molecule has 0 fully saturated rings. The van der Waals surface area contributed by atoms with Crippen LogP contribution in [0.25, 0.3) is 0 Å². The first kappa shape index (κ1) is 14.6. The van der Waals surface area contributed by atoms with Gasteiger partial charge in [0.05, 0.1) is 18.8 Å². The number of ether oxygens (including phenoxy) is 2. The molecule has 1 rings (SSSR count). The molecule has 18 heavy (non-hydrogen) atoms. The molecule has 0 aromatic heterocycles. The van der Waals surface area contributed by atoms with Gasteiger partial charge in [-0.2, -0.15) is 0 Å². The molecule has 0 radical (unpaired) electrons. The summed E-state index contributed by atoms with van der Waals surface area (Å²) >= 11 is 0. The molecule has 2 atom stereocenters. The first-order valence-corrected chi connectivity index (χ1v) is 5.68. The maximum Gasteiger partial charge on any atom is 0.141 e. The van der Waals surface area contributed by atoms with Crippen molar-refractivity contribution >= 4 is 6.29 Å². The van der Waals surface area contributed by atoms with Gasteiger partial charge in [0.1, 0.15) is 24.0 Å². The van der Waals surface area contributed by atoms with Gasteiger partial charge in [-0.1, -0.05) is 0 Å². The van der Waals surface area contributed by atoms with Gasteiger partial charge in [0.15, 0.2) is 0 Å². The maximum absolute atomic E-state index is 12.7. The zero-order chi connectivity index (χ0) is 13.6. The largest absolute Gasteiger partial charge is 0.488 e. The number of rotatable bonds is 7. The number of halogens is 1. The minimum absolute atomic E-state index is 0.133. The van der Waals surface area contributed by atoms with Crippen LogP contribution < -0.4 is 10.5 Å². The number of hydrogen-bond donors (Lipinski definition) is 1. The van der Waals surface area contributed by atoms with Crippen LogP contribution in [0.2, 0.25) is 0 Å². The average molecular weight is 255 g/mol. The van der Waals surface area contributed by atoms with Crippen LogP contribution in [-0.4, -0.2) is 31.1 Å². The molecule has 5 heteroatoms. The fourth-order valence-corrected chi connectivity index (χ4v) is 1.26. The van der Waals surface area contributed by atoms with E-state index >= 15 is 0 Å². The zero-order valence-electron chi connectivity index (χ0n) is 10.6. The van der Waals surface area contributed by atoms with E-state index in [4.69, 9.17) is 15.2 Å². The van der Waals surface area contributed by atoms with Gasteiger partial charge >= 0.3 is 0 Å². The Morgan fingerprint density at radius 3 is 2.61 bits per heavy atom. The van der Waals surface area contributed by atoms with E-state index in [-0.39, 0.29) is 18.5 Å². The molecular weight excluding hydrogens is 237 g/mol. The minimum Gasteiger partial charge on any atom is -0.488 e. The third-order valence-electron chi connectivity index (χ3n) is 2.19. The summed E-state index contributed by atoms with van der Waals surface area (Å²) in [7, 11) is 0. The van der Waals surface area contributed by atoms with Crippen LogP contribution in [-0.2, 0) is 9.53 Å². The van der Waals surface area contributed by atoms with Gasteiger partial charge in [0.25, 0.3) is 0 Å². The average Bonchev–Trinajstić information content (AvgIpc) is 2.32. The van der Waals surface area contributed by atoms with Crippen LogP contribution in [0.1, 0.15) is 13.8 Å². The lowest BCUT2D eigenvalue weighted by Crippen LogP contribution is -2.43. The maximum atomic E-state index is 12.7. The Labute approximate surface area is 106 Å². The minimum atomic E-state index is -0.977. The molecule has 0 saturated heterocycles. The van der Waals surface area contributed by atoms with Crippen LogP contribution in [0, 0.1) is 5.82 Å². The smallest absolute Gasteiger partial charge is 0.141 e. The summed E-state index contributed by atoms with van der Waals surface area (Å²) in [5.74, 6) is 0.259. The number of hydrogen-bond acceptors (Lipinski definition) is 4. The molecule has 0 aliphatic rings. The van der Waals surface area contributed by atoms with Gasteiger partial charge in [0.2, 0.25) is 0 Å². The fraction of sp³-hybridized carbons (Fsp3) is 0.462. The van der Waals surface area contributed by atoms with Crippen molar-refractivity contribution in [3.8, 4) is 5.75 Å². The molecule has 0 amide bonds. The van der Waals surface area contributed by atoms with E-state index in [1.165, 1.54) is 12.1 Å². The van der Waals surface area contributed by atoms with E-state index in [1.807, 2.05) is 6.92 Å². The highest BCUT2D eigenvalue weighted by atomic mass is 19.1. The van der Waals surface area contributed by atoms with Gasteiger partial charge in [-0.15, -0.1) is 0 Å². The van der Waals surface area contributed by atoms with Crippen LogP contribution in [0.15, 0.2) is 24.3 Å². The van der Waals surface area contributed by atoms with Crippen LogP contribution in [0.4, 0.5) is 4.39 Å². The predicted octanol–water partition coefficient (Wildman–Crippen LogP) is 1.53. The molecule has 1 aromatic carbocycles. The highest BCUT2D eigenvalue weighted by Gasteiger charge is 2.17. The SMILES string of the molecule is C[C@@H](COC[C@](C)(N)C=O)Oc1ccc(F)cc1. The molecule has 4 nitrogen and oxygen atoms in total. The third-order valence-corrected chi connectivity index (χ3v) is 2.19. The molecule has 0 aliphatic carbocycles. The summed E-state index contributed by atoms with van der Waals surface area (Å²) in [6.45, 7) is 3.84. The van der Waals surface area contributed by atoms with Crippen molar-refractivity contribution in [2.45, 2.75) is 25.5 Å².